The highest BCUT2D eigenvalue weighted by atomic mass is 32.2. The maximum Gasteiger partial charge on any atom is 0.316 e. The smallest absolute Gasteiger partial charge is 0.316 e. The summed E-state index contributed by atoms with van der Waals surface area (Å²) in [7, 11) is 0. The number of carbonyl (C=O) groups is 1. The standard InChI is InChI=1S/C16H25N3OS/c1-11(18-14-10-21-9-8-16(14,2)3)12-4-6-13(7-5-12)19-15(17)20/h4-7,11,14,18H,8-10H2,1-3H3,(H3,17,19,20). The zero-order chi connectivity index (χ0) is 15.5. The number of nitrogens with two attached hydrogens (primary N) is 1. The lowest BCUT2D eigenvalue weighted by Gasteiger charge is -2.40. The van der Waals surface area contributed by atoms with Gasteiger partial charge in [-0.2, -0.15) is 11.8 Å². The van der Waals surface area contributed by atoms with E-state index >= 15 is 0 Å². The topological polar surface area (TPSA) is 67.2 Å². The van der Waals surface area contributed by atoms with Gasteiger partial charge in [0.1, 0.15) is 0 Å². The number of anilines is 1. The summed E-state index contributed by atoms with van der Waals surface area (Å²) in [6, 6.07) is 8.12. The lowest BCUT2D eigenvalue weighted by molar-refractivity contribution is 0.232. The van der Waals surface area contributed by atoms with Gasteiger partial charge in [-0.25, -0.2) is 4.79 Å². The molecule has 0 radical (unpaired) electrons. The summed E-state index contributed by atoms with van der Waals surface area (Å²) in [5.74, 6) is 2.42. The van der Waals surface area contributed by atoms with E-state index < -0.39 is 6.03 Å². The molecule has 21 heavy (non-hydrogen) atoms. The van der Waals surface area contributed by atoms with Gasteiger partial charge in [0.25, 0.3) is 0 Å². The van der Waals surface area contributed by atoms with Crippen LogP contribution in [0.5, 0.6) is 0 Å². The second-order valence-electron chi connectivity index (χ2n) is 6.37. The van der Waals surface area contributed by atoms with Gasteiger partial charge in [0.15, 0.2) is 0 Å². The predicted octanol–water partition coefficient (Wildman–Crippen LogP) is 3.36. The van der Waals surface area contributed by atoms with Crippen molar-refractivity contribution in [2.45, 2.75) is 39.3 Å². The van der Waals surface area contributed by atoms with Crippen LogP contribution in [0.4, 0.5) is 10.5 Å². The Bertz CT molecular complexity index is 487. The highest BCUT2D eigenvalue weighted by molar-refractivity contribution is 7.99. The molecule has 1 fully saturated rings. The SMILES string of the molecule is CC(NC1CSCCC1(C)C)c1ccc(NC(N)=O)cc1. The van der Waals surface area contributed by atoms with Crippen LogP contribution in [0.15, 0.2) is 24.3 Å². The first-order valence-electron chi connectivity index (χ1n) is 7.39. The summed E-state index contributed by atoms with van der Waals surface area (Å²) in [6.45, 7) is 6.87. The van der Waals surface area contributed by atoms with Gasteiger partial charge in [0.05, 0.1) is 0 Å². The molecule has 2 amide bonds. The van der Waals surface area contributed by atoms with Crippen LogP contribution in [0.2, 0.25) is 0 Å². The van der Waals surface area contributed by atoms with Gasteiger partial charge in [-0.1, -0.05) is 26.0 Å². The minimum atomic E-state index is -0.532. The monoisotopic (exact) mass is 307 g/mol. The molecule has 1 aliphatic heterocycles. The molecule has 1 saturated heterocycles. The molecule has 0 saturated carbocycles. The largest absolute Gasteiger partial charge is 0.351 e. The number of hydrogen-bond donors (Lipinski definition) is 3. The highest BCUT2D eigenvalue weighted by Crippen LogP contribution is 2.35. The molecule has 2 atom stereocenters. The van der Waals surface area contributed by atoms with Crippen molar-refractivity contribution in [1.29, 1.82) is 0 Å². The molecule has 5 heteroatoms. The molecule has 4 N–H and O–H groups in total. The molecule has 1 aromatic carbocycles. The van der Waals surface area contributed by atoms with Crippen LogP contribution < -0.4 is 16.4 Å². The van der Waals surface area contributed by atoms with Gasteiger partial charge in [0, 0.05) is 23.5 Å². The summed E-state index contributed by atoms with van der Waals surface area (Å²) in [6.07, 6.45) is 1.25. The zero-order valence-corrected chi connectivity index (χ0v) is 13.8. The van der Waals surface area contributed by atoms with Crippen LogP contribution in [0.25, 0.3) is 0 Å². The third kappa shape index (κ3) is 4.38. The van der Waals surface area contributed by atoms with E-state index in [1.54, 1.807) is 0 Å². The lowest BCUT2D eigenvalue weighted by Crippen LogP contribution is -2.47. The summed E-state index contributed by atoms with van der Waals surface area (Å²) in [5.41, 5.74) is 7.40. The maximum atomic E-state index is 10.8. The number of thioether (sulfide) groups is 1. The maximum absolute atomic E-state index is 10.8. The summed E-state index contributed by atoms with van der Waals surface area (Å²) >= 11 is 2.03. The van der Waals surface area contributed by atoms with E-state index in [1.165, 1.54) is 23.5 Å². The normalized spacial score (nSPS) is 22.5. The van der Waals surface area contributed by atoms with E-state index in [0.29, 0.717) is 11.5 Å². The first-order valence-corrected chi connectivity index (χ1v) is 8.54. The second-order valence-corrected chi connectivity index (χ2v) is 7.52. The first kappa shape index (κ1) is 16.2. The number of carbonyl (C=O) groups excluding carboxylic acids is 1. The molecule has 2 rings (SSSR count). The van der Waals surface area contributed by atoms with Crippen molar-refractivity contribution >= 4 is 23.5 Å². The zero-order valence-electron chi connectivity index (χ0n) is 13.0. The average molecular weight is 307 g/mol. The predicted molar refractivity (Wildman–Crippen MR) is 90.7 cm³/mol. The highest BCUT2D eigenvalue weighted by Gasteiger charge is 2.33. The van der Waals surface area contributed by atoms with Crippen molar-refractivity contribution in [1.82, 2.24) is 5.32 Å². The number of hydrogen-bond acceptors (Lipinski definition) is 3. The van der Waals surface area contributed by atoms with Gasteiger partial charge in [-0.3, -0.25) is 0 Å². The van der Waals surface area contributed by atoms with Gasteiger partial charge >= 0.3 is 6.03 Å². The second kappa shape index (κ2) is 6.71. The Balaban J connectivity index is 1.99. The lowest BCUT2D eigenvalue weighted by atomic mass is 9.81. The van der Waals surface area contributed by atoms with Crippen molar-refractivity contribution in [3.8, 4) is 0 Å². The van der Waals surface area contributed by atoms with E-state index in [9.17, 15) is 4.79 Å². The molecule has 1 aromatic rings. The molecule has 0 bridgehead atoms. The molecule has 0 spiro atoms. The van der Waals surface area contributed by atoms with Crippen LogP contribution in [-0.2, 0) is 0 Å². The van der Waals surface area contributed by atoms with Crippen LogP contribution in [0, 0.1) is 5.41 Å². The molecule has 1 aliphatic rings. The first-order chi connectivity index (χ1) is 9.88. The van der Waals surface area contributed by atoms with Crippen molar-refractivity contribution in [3.63, 3.8) is 0 Å². The number of primary amides is 1. The summed E-state index contributed by atoms with van der Waals surface area (Å²) in [4.78, 5) is 10.8. The molecular weight excluding hydrogens is 282 g/mol. The minimum Gasteiger partial charge on any atom is -0.351 e. The van der Waals surface area contributed by atoms with Crippen LogP contribution in [0.1, 0.15) is 38.8 Å². The van der Waals surface area contributed by atoms with E-state index in [2.05, 4.69) is 31.4 Å². The number of rotatable bonds is 4. The molecule has 0 aromatic heterocycles. The number of benzene rings is 1. The minimum absolute atomic E-state index is 0.288. The fourth-order valence-electron chi connectivity index (χ4n) is 2.61. The van der Waals surface area contributed by atoms with Crippen molar-refractivity contribution in [3.05, 3.63) is 29.8 Å². The van der Waals surface area contributed by atoms with Gasteiger partial charge < -0.3 is 16.4 Å². The Hall–Kier alpha value is -1.20. The van der Waals surface area contributed by atoms with Gasteiger partial charge in [-0.05, 0) is 42.2 Å². The number of urea groups is 1. The Morgan fingerprint density at radius 3 is 2.62 bits per heavy atom. The van der Waals surface area contributed by atoms with Gasteiger partial charge in [0.2, 0.25) is 0 Å². The summed E-state index contributed by atoms with van der Waals surface area (Å²) < 4.78 is 0. The van der Waals surface area contributed by atoms with Crippen LogP contribution >= 0.6 is 11.8 Å². The van der Waals surface area contributed by atoms with E-state index in [1.807, 2.05) is 36.0 Å². The van der Waals surface area contributed by atoms with Crippen molar-refractivity contribution < 1.29 is 4.79 Å². The molecule has 4 nitrogen and oxygen atoms in total. The average Bonchev–Trinajstić information content (AvgIpc) is 2.41. The molecule has 2 unspecified atom stereocenters. The molecular formula is C16H25N3OS. The van der Waals surface area contributed by atoms with E-state index in [-0.39, 0.29) is 6.04 Å². The van der Waals surface area contributed by atoms with Crippen LogP contribution in [-0.4, -0.2) is 23.6 Å². The van der Waals surface area contributed by atoms with Gasteiger partial charge in [-0.15, -0.1) is 0 Å². The van der Waals surface area contributed by atoms with E-state index in [4.69, 9.17) is 5.73 Å². The molecule has 0 aliphatic carbocycles. The summed E-state index contributed by atoms with van der Waals surface area (Å²) in [5, 5.41) is 6.33. The number of nitrogens with one attached hydrogen (secondary N) is 2. The third-order valence-corrected chi connectivity index (χ3v) is 5.31. The van der Waals surface area contributed by atoms with Crippen LogP contribution in [0.3, 0.4) is 0 Å². The molecule has 116 valence electrons. The Kier molecular flexibility index (Phi) is 5.17. The fraction of sp³-hybridized carbons (Fsp3) is 0.562. The van der Waals surface area contributed by atoms with Crippen molar-refractivity contribution in [2.75, 3.05) is 16.8 Å². The Morgan fingerprint density at radius 1 is 1.38 bits per heavy atom. The third-order valence-electron chi connectivity index (χ3n) is 4.25. The molecule has 1 heterocycles. The quantitative estimate of drug-likeness (QED) is 0.799. The fourth-order valence-corrected chi connectivity index (χ4v) is 4.23. The number of amides is 2. The Labute approximate surface area is 131 Å². The van der Waals surface area contributed by atoms with Crippen molar-refractivity contribution in [2.24, 2.45) is 11.1 Å². The Morgan fingerprint density at radius 2 is 2.05 bits per heavy atom. The van der Waals surface area contributed by atoms with E-state index in [0.717, 1.165) is 5.69 Å².